The molecular weight excluding hydrogens is 1070 g/mol. The molecule has 0 aliphatic carbocycles. The minimum Gasteiger partial charge on any atom is -0.394 e. The Hall–Kier alpha value is -3.03. The van der Waals surface area contributed by atoms with Gasteiger partial charge in [-0.2, -0.15) is 0 Å². The molecule has 3 rings (SSSR count). The highest BCUT2D eigenvalue weighted by molar-refractivity contribution is 5.76. The van der Waals surface area contributed by atoms with Gasteiger partial charge in [-0.25, -0.2) is 0 Å². The molecule has 1 amide bonds. The summed E-state index contributed by atoms with van der Waals surface area (Å²) in [5, 5.41) is 120. The standard InChI is InChI=1S/C64H109NO18/c1-3-5-7-9-11-13-15-16-17-18-19-20-21-22-23-24-25-26-27-28-29-30-32-34-36-38-40-42-52(70)65-47(48(69)41-39-37-35-33-31-14-12-10-8-6-4-2)46-78-62-58(76)55(73)60(50(44-67)80-62)83-64-59(77)56(74)61(51(45-68)81-64)82-63-57(75)54(72)53(71)49(43-66)79-63/h5,7,11,13,16-17,19-20,22-23,25-26,28-29,47-51,53-64,66-69,71-77H,3-4,6,8-10,12,14-15,18,21,24,27,30-46H2,1-2H3,(H,65,70)/b7-5-,13-11-,17-16-,20-19-,23-22-,26-25-,29-28-. The van der Waals surface area contributed by atoms with Crippen LogP contribution in [-0.2, 0) is 33.2 Å². The lowest BCUT2D eigenvalue weighted by atomic mass is 9.96. The molecule has 19 nitrogen and oxygen atoms in total. The molecule has 478 valence electrons. The number of aliphatic hydroxyl groups excluding tert-OH is 11. The van der Waals surface area contributed by atoms with E-state index in [-0.39, 0.29) is 18.9 Å². The van der Waals surface area contributed by atoms with Crippen LogP contribution in [0.3, 0.4) is 0 Å². The van der Waals surface area contributed by atoms with Crippen molar-refractivity contribution in [3.8, 4) is 0 Å². The molecule has 0 spiro atoms. The second-order valence-electron chi connectivity index (χ2n) is 22.1. The largest absolute Gasteiger partial charge is 0.394 e. The minimum absolute atomic E-state index is 0.238. The Labute approximate surface area is 495 Å². The summed E-state index contributed by atoms with van der Waals surface area (Å²) in [5.74, 6) is -0.268. The van der Waals surface area contributed by atoms with Crippen LogP contribution >= 0.6 is 0 Å². The zero-order chi connectivity index (χ0) is 60.5. The maximum absolute atomic E-state index is 13.3. The van der Waals surface area contributed by atoms with Crippen LogP contribution in [0.15, 0.2) is 85.1 Å². The van der Waals surface area contributed by atoms with Crippen molar-refractivity contribution in [2.24, 2.45) is 0 Å². The molecule has 0 radical (unpaired) electrons. The molecule has 3 fully saturated rings. The Morgan fingerprint density at radius 1 is 0.446 bits per heavy atom. The molecule has 17 unspecified atom stereocenters. The van der Waals surface area contributed by atoms with E-state index < -0.39 is 124 Å². The van der Waals surface area contributed by atoms with Gasteiger partial charge < -0.3 is 89.9 Å². The number of unbranched alkanes of at least 4 members (excludes halogenated alkanes) is 15. The van der Waals surface area contributed by atoms with Gasteiger partial charge in [-0.1, -0.05) is 189 Å². The summed E-state index contributed by atoms with van der Waals surface area (Å²) in [6, 6.07) is -0.902. The summed E-state index contributed by atoms with van der Waals surface area (Å²) in [6.45, 7) is 1.62. The van der Waals surface area contributed by atoms with Crippen LogP contribution in [0.4, 0.5) is 0 Å². The first kappa shape index (κ1) is 74.2. The lowest BCUT2D eigenvalue weighted by Crippen LogP contribution is -2.66. The van der Waals surface area contributed by atoms with Crippen LogP contribution < -0.4 is 5.32 Å². The molecule has 0 saturated carbocycles. The van der Waals surface area contributed by atoms with Crippen LogP contribution in [0.25, 0.3) is 0 Å². The Kier molecular flexibility index (Phi) is 41.3. The second-order valence-corrected chi connectivity index (χ2v) is 22.1. The van der Waals surface area contributed by atoms with Gasteiger partial charge in [0.15, 0.2) is 18.9 Å². The summed E-state index contributed by atoms with van der Waals surface area (Å²) in [7, 11) is 0. The van der Waals surface area contributed by atoms with Gasteiger partial charge in [-0.3, -0.25) is 4.79 Å². The number of hydrogen-bond donors (Lipinski definition) is 12. The number of carbonyl (C=O) groups is 1. The van der Waals surface area contributed by atoms with Crippen LogP contribution in [0.2, 0.25) is 0 Å². The second kappa shape index (κ2) is 46.2. The lowest BCUT2D eigenvalue weighted by molar-refractivity contribution is -0.379. The molecule has 19 heteroatoms. The molecular formula is C64H109NO18. The van der Waals surface area contributed by atoms with E-state index in [1.54, 1.807) is 0 Å². The number of aliphatic hydroxyl groups is 11. The fraction of sp³-hybridized carbons (Fsp3) is 0.766. The highest BCUT2D eigenvalue weighted by Crippen LogP contribution is 2.33. The van der Waals surface area contributed by atoms with E-state index in [1.807, 2.05) is 0 Å². The molecule has 3 aliphatic rings. The summed E-state index contributed by atoms with van der Waals surface area (Å²) < 4.78 is 34.3. The van der Waals surface area contributed by atoms with E-state index >= 15 is 0 Å². The van der Waals surface area contributed by atoms with E-state index in [1.165, 1.54) is 44.9 Å². The summed E-state index contributed by atoms with van der Waals surface area (Å²) in [4.78, 5) is 13.3. The zero-order valence-electron chi connectivity index (χ0n) is 49.9. The van der Waals surface area contributed by atoms with E-state index in [2.05, 4.69) is 104 Å². The van der Waals surface area contributed by atoms with Gasteiger partial charge in [0.05, 0.1) is 38.6 Å². The third-order valence-electron chi connectivity index (χ3n) is 15.2. The van der Waals surface area contributed by atoms with Crippen LogP contribution in [0.5, 0.6) is 0 Å². The SMILES string of the molecule is CC/C=C\C/C=C\C/C=C\C/C=C\C/C=C\C/C=C\C/C=C\CCCCCCCC(=O)NC(COC1OC(CO)C(OC2OC(CO)C(OC3OC(CO)C(O)C(O)C3O)C(O)C2O)C(O)C1O)C(O)CCCCCCCCCCCCC. The van der Waals surface area contributed by atoms with Gasteiger partial charge in [0.2, 0.25) is 5.91 Å². The van der Waals surface area contributed by atoms with Crippen molar-refractivity contribution in [1.82, 2.24) is 5.32 Å². The first-order valence-electron chi connectivity index (χ1n) is 31.3. The molecule has 0 bridgehead atoms. The van der Waals surface area contributed by atoms with Gasteiger partial charge in [0, 0.05) is 6.42 Å². The fourth-order valence-electron chi connectivity index (χ4n) is 10.1. The highest BCUT2D eigenvalue weighted by Gasteiger charge is 2.53. The topological polar surface area (TPSA) is 307 Å². The Morgan fingerprint density at radius 2 is 0.831 bits per heavy atom. The van der Waals surface area contributed by atoms with Crippen molar-refractivity contribution in [2.45, 2.75) is 285 Å². The minimum atomic E-state index is -1.98. The van der Waals surface area contributed by atoms with Crippen LogP contribution in [0, 0.1) is 0 Å². The summed E-state index contributed by atoms with van der Waals surface area (Å²) >= 11 is 0. The van der Waals surface area contributed by atoms with Gasteiger partial charge in [0.25, 0.3) is 0 Å². The van der Waals surface area contributed by atoms with E-state index in [9.17, 15) is 61.0 Å². The van der Waals surface area contributed by atoms with Crippen LogP contribution in [0.1, 0.15) is 181 Å². The molecule has 0 aromatic heterocycles. The molecule has 12 N–H and O–H groups in total. The Morgan fingerprint density at radius 3 is 1.30 bits per heavy atom. The third kappa shape index (κ3) is 29.5. The highest BCUT2D eigenvalue weighted by atomic mass is 16.8. The third-order valence-corrected chi connectivity index (χ3v) is 15.2. The average Bonchev–Trinajstić information content (AvgIpc) is 3.62. The molecule has 17 atom stereocenters. The van der Waals surface area contributed by atoms with Crippen molar-refractivity contribution in [3.63, 3.8) is 0 Å². The molecule has 3 saturated heterocycles. The van der Waals surface area contributed by atoms with Crippen molar-refractivity contribution < 1.29 is 89.4 Å². The maximum Gasteiger partial charge on any atom is 0.220 e. The zero-order valence-corrected chi connectivity index (χ0v) is 49.9. The van der Waals surface area contributed by atoms with E-state index in [0.717, 1.165) is 103 Å². The molecule has 3 aliphatic heterocycles. The van der Waals surface area contributed by atoms with Gasteiger partial charge in [0.1, 0.15) is 73.2 Å². The average molecular weight is 1180 g/mol. The fourth-order valence-corrected chi connectivity index (χ4v) is 10.1. The van der Waals surface area contributed by atoms with Crippen molar-refractivity contribution in [2.75, 3.05) is 26.4 Å². The van der Waals surface area contributed by atoms with Crippen molar-refractivity contribution in [1.29, 1.82) is 0 Å². The predicted octanol–water partition coefficient (Wildman–Crippen LogP) is 6.37. The van der Waals surface area contributed by atoms with Gasteiger partial charge in [-0.15, -0.1) is 0 Å². The number of rotatable bonds is 45. The lowest BCUT2D eigenvalue weighted by Gasteiger charge is -2.48. The van der Waals surface area contributed by atoms with Crippen molar-refractivity contribution in [3.05, 3.63) is 85.1 Å². The number of nitrogens with one attached hydrogen (secondary N) is 1. The predicted molar refractivity (Wildman–Crippen MR) is 318 cm³/mol. The summed E-state index contributed by atoms with van der Waals surface area (Å²) in [5.41, 5.74) is 0. The first-order valence-corrected chi connectivity index (χ1v) is 31.3. The Balaban J connectivity index is 1.44. The van der Waals surface area contributed by atoms with Gasteiger partial charge in [-0.05, 0) is 70.6 Å². The number of amides is 1. The number of carbonyl (C=O) groups excluding carboxylic acids is 1. The monoisotopic (exact) mass is 1180 g/mol. The number of hydrogen-bond acceptors (Lipinski definition) is 18. The number of allylic oxidation sites excluding steroid dienone is 14. The first-order chi connectivity index (χ1) is 40.3. The molecule has 0 aromatic carbocycles. The maximum atomic E-state index is 13.3. The molecule has 83 heavy (non-hydrogen) atoms. The van der Waals surface area contributed by atoms with Crippen LogP contribution in [-0.4, -0.2) is 193 Å². The molecule has 3 heterocycles. The quantitative estimate of drug-likeness (QED) is 0.0233. The Bertz CT molecular complexity index is 1840. The smallest absolute Gasteiger partial charge is 0.220 e. The normalized spacial score (nSPS) is 30.0. The molecule has 0 aromatic rings. The van der Waals surface area contributed by atoms with E-state index in [4.69, 9.17) is 28.4 Å². The van der Waals surface area contributed by atoms with Gasteiger partial charge >= 0.3 is 0 Å². The number of ether oxygens (including phenoxy) is 6. The van der Waals surface area contributed by atoms with Crippen molar-refractivity contribution >= 4 is 5.91 Å². The van der Waals surface area contributed by atoms with E-state index in [0.29, 0.717) is 12.8 Å². The summed E-state index contributed by atoms with van der Waals surface area (Å²) in [6.07, 6.45) is 29.6.